The standard InChI is InChI=1S/C23H29F3N2O/c1-15(7-6-11-23(24,25)26)21(29)22-27-12-10-18-14-19(13-16(2)20(18)28-22)17-8-4-3-5-9-17/h3-5,8-9,15-16,18-19H,6-7,10-14H2,1-2H3/t15?,16-,18?,19+/m0/s1. The van der Waals surface area contributed by atoms with Crippen molar-refractivity contribution < 1.29 is 18.0 Å². The van der Waals surface area contributed by atoms with Crippen molar-refractivity contribution in [2.75, 3.05) is 6.54 Å². The molecule has 4 atom stereocenters. The van der Waals surface area contributed by atoms with Crippen LogP contribution in [0.5, 0.6) is 0 Å². The maximum Gasteiger partial charge on any atom is 0.389 e. The van der Waals surface area contributed by atoms with Gasteiger partial charge >= 0.3 is 6.18 Å². The first-order valence-electron chi connectivity index (χ1n) is 10.5. The number of rotatable bonds is 6. The van der Waals surface area contributed by atoms with Crippen molar-refractivity contribution in [1.29, 1.82) is 0 Å². The lowest BCUT2D eigenvalue weighted by Gasteiger charge is -2.34. The quantitative estimate of drug-likeness (QED) is 0.571. The van der Waals surface area contributed by atoms with Gasteiger partial charge in [-0.2, -0.15) is 13.2 Å². The fraction of sp³-hybridized carbons (Fsp3) is 0.609. The number of halogens is 3. The van der Waals surface area contributed by atoms with Gasteiger partial charge in [0.2, 0.25) is 5.78 Å². The maximum absolute atomic E-state index is 12.8. The second-order valence-corrected chi connectivity index (χ2v) is 8.48. The molecule has 1 saturated carbocycles. The van der Waals surface area contributed by atoms with Crippen LogP contribution in [-0.2, 0) is 4.79 Å². The molecular weight excluding hydrogens is 377 g/mol. The van der Waals surface area contributed by atoms with Crippen LogP contribution in [0.2, 0.25) is 0 Å². The van der Waals surface area contributed by atoms with Crippen molar-refractivity contribution in [2.45, 2.75) is 64.5 Å². The monoisotopic (exact) mass is 406 g/mol. The summed E-state index contributed by atoms with van der Waals surface area (Å²) in [5, 5.41) is 0. The first kappa shape index (κ1) is 21.7. The van der Waals surface area contributed by atoms with E-state index >= 15 is 0 Å². The maximum atomic E-state index is 12.8. The van der Waals surface area contributed by atoms with Crippen LogP contribution in [0.25, 0.3) is 0 Å². The minimum absolute atomic E-state index is 0.0436. The lowest BCUT2D eigenvalue weighted by molar-refractivity contribution is -0.136. The molecular formula is C23H29F3N2O. The van der Waals surface area contributed by atoms with Gasteiger partial charge in [-0.15, -0.1) is 0 Å². The van der Waals surface area contributed by atoms with Gasteiger partial charge in [0.05, 0.1) is 0 Å². The van der Waals surface area contributed by atoms with Gasteiger partial charge in [-0.1, -0.05) is 44.2 Å². The Bertz CT molecular complexity index is 770. The number of hydrogen-bond donors (Lipinski definition) is 0. The van der Waals surface area contributed by atoms with Crippen molar-refractivity contribution in [3.05, 3.63) is 35.9 Å². The lowest BCUT2D eigenvalue weighted by atomic mass is 9.71. The van der Waals surface area contributed by atoms with Gasteiger partial charge in [0.1, 0.15) is 0 Å². The van der Waals surface area contributed by atoms with E-state index in [1.54, 1.807) is 6.92 Å². The van der Waals surface area contributed by atoms with E-state index in [0.717, 1.165) is 25.0 Å². The number of carbonyl (C=O) groups excluding carboxylic acids is 1. The Balaban J connectivity index is 1.67. The summed E-state index contributed by atoms with van der Waals surface area (Å²) in [5.74, 6) is 0.542. The molecule has 158 valence electrons. The Labute approximate surface area is 170 Å². The zero-order valence-corrected chi connectivity index (χ0v) is 17.1. The minimum atomic E-state index is -4.18. The highest BCUT2D eigenvalue weighted by Crippen LogP contribution is 2.40. The van der Waals surface area contributed by atoms with E-state index in [9.17, 15) is 18.0 Å². The number of nitrogens with zero attached hydrogens (tertiary/aromatic N) is 2. The summed E-state index contributed by atoms with van der Waals surface area (Å²) in [5.41, 5.74) is 2.39. The number of Topliss-reactive ketones (excluding diaryl/α,β-unsaturated/α-hetero) is 1. The van der Waals surface area contributed by atoms with Gasteiger partial charge in [-0.05, 0) is 55.4 Å². The van der Waals surface area contributed by atoms with Gasteiger partial charge in [0, 0.05) is 24.6 Å². The van der Waals surface area contributed by atoms with Crippen LogP contribution >= 0.6 is 0 Å². The van der Waals surface area contributed by atoms with Crippen molar-refractivity contribution in [3.8, 4) is 0 Å². The molecule has 3 nitrogen and oxygen atoms in total. The summed E-state index contributed by atoms with van der Waals surface area (Å²) in [6.07, 6.45) is -2.01. The molecule has 29 heavy (non-hydrogen) atoms. The molecule has 0 spiro atoms. The van der Waals surface area contributed by atoms with E-state index < -0.39 is 18.5 Å². The number of ketones is 1. The zero-order valence-electron chi connectivity index (χ0n) is 17.1. The number of benzene rings is 1. The van der Waals surface area contributed by atoms with Crippen molar-refractivity contribution in [2.24, 2.45) is 27.7 Å². The summed E-state index contributed by atoms with van der Waals surface area (Å²) < 4.78 is 37.1. The number of aliphatic imine (C=N–C) groups is 2. The normalized spacial score (nSPS) is 26.0. The zero-order chi connectivity index (χ0) is 21.0. The number of hydrogen-bond acceptors (Lipinski definition) is 3. The number of fused-ring (bicyclic) bond motifs is 1. The van der Waals surface area contributed by atoms with Gasteiger partial charge in [-0.25, -0.2) is 4.99 Å². The molecule has 0 N–H and O–H groups in total. The van der Waals surface area contributed by atoms with E-state index in [2.05, 4.69) is 41.2 Å². The number of alkyl halides is 3. The fourth-order valence-electron chi connectivity index (χ4n) is 4.55. The Kier molecular flexibility index (Phi) is 6.91. The van der Waals surface area contributed by atoms with Gasteiger partial charge in [-0.3, -0.25) is 9.79 Å². The molecule has 1 aliphatic heterocycles. The van der Waals surface area contributed by atoms with Crippen molar-refractivity contribution in [1.82, 2.24) is 0 Å². The molecule has 6 heteroatoms. The summed E-state index contributed by atoms with van der Waals surface area (Å²) in [4.78, 5) is 21.8. The average molecular weight is 406 g/mol. The molecule has 0 amide bonds. The highest BCUT2D eigenvalue weighted by molar-refractivity contribution is 6.41. The summed E-state index contributed by atoms with van der Waals surface area (Å²) in [7, 11) is 0. The van der Waals surface area contributed by atoms with Crippen LogP contribution in [0.4, 0.5) is 13.2 Å². The van der Waals surface area contributed by atoms with Gasteiger partial charge in [0.15, 0.2) is 5.84 Å². The third kappa shape index (κ3) is 5.77. The number of amidine groups is 1. The predicted molar refractivity (Wildman–Crippen MR) is 110 cm³/mol. The third-order valence-electron chi connectivity index (χ3n) is 6.14. The largest absolute Gasteiger partial charge is 0.389 e. The van der Waals surface area contributed by atoms with Crippen LogP contribution in [0.3, 0.4) is 0 Å². The Morgan fingerprint density at radius 3 is 2.59 bits per heavy atom. The first-order chi connectivity index (χ1) is 13.7. The molecule has 1 heterocycles. The molecule has 3 rings (SSSR count). The molecule has 1 aromatic rings. The average Bonchev–Trinajstić information content (AvgIpc) is 2.90. The van der Waals surface area contributed by atoms with E-state index in [-0.39, 0.29) is 30.4 Å². The SMILES string of the molecule is CC(CCCC(F)(F)F)C(=O)C1=NCCC2C[C@H](c3ccccc3)C[C@H](C)C2=N1. The molecule has 1 aromatic carbocycles. The molecule has 1 fully saturated rings. The van der Waals surface area contributed by atoms with E-state index in [0.29, 0.717) is 18.4 Å². The molecule has 2 unspecified atom stereocenters. The summed E-state index contributed by atoms with van der Waals surface area (Å²) >= 11 is 0. The smallest absolute Gasteiger partial charge is 0.290 e. The predicted octanol–water partition coefficient (Wildman–Crippen LogP) is 6.00. The molecule has 2 aliphatic rings. The fourth-order valence-corrected chi connectivity index (χ4v) is 4.55. The van der Waals surface area contributed by atoms with E-state index in [1.807, 2.05) is 6.07 Å². The Morgan fingerprint density at radius 2 is 1.90 bits per heavy atom. The van der Waals surface area contributed by atoms with Crippen LogP contribution < -0.4 is 0 Å². The Morgan fingerprint density at radius 1 is 1.17 bits per heavy atom. The lowest BCUT2D eigenvalue weighted by Crippen LogP contribution is -2.32. The molecule has 0 aromatic heterocycles. The topological polar surface area (TPSA) is 41.8 Å². The molecule has 0 bridgehead atoms. The highest BCUT2D eigenvalue weighted by Gasteiger charge is 2.35. The van der Waals surface area contributed by atoms with Crippen LogP contribution in [0, 0.1) is 17.8 Å². The van der Waals surface area contributed by atoms with Gasteiger partial charge < -0.3 is 0 Å². The molecule has 1 aliphatic carbocycles. The second kappa shape index (κ2) is 9.23. The molecule has 0 radical (unpaired) electrons. The Hall–Kier alpha value is -1.98. The van der Waals surface area contributed by atoms with Crippen LogP contribution in [0.1, 0.15) is 63.9 Å². The summed E-state index contributed by atoms with van der Waals surface area (Å²) in [6, 6.07) is 10.5. The molecule has 0 saturated heterocycles. The van der Waals surface area contributed by atoms with Gasteiger partial charge in [0.25, 0.3) is 0 Å². The minimum Gasteiger partial charge on any atom is -0.290 e. The van der Waals surface area contributed by atoms with E-state index in [4.69, 9.17) is 0 Å². The van der Waals surface area contributed by atoms with Crippen LogP contribution in [-0.4, -0.2) is 30.1 Å². The van der Waals surface area contributed by atoms with Crippen molar-refractivity contribution >= 4 is 17.3 Å². The highest BCUT2D eigenvalue weighted by atomic mass is 19.4. The first-order valence-corrected chi connectivity index (χ1v) is 10.5. The third-order valence-corrected chi connectivity index (χ3v) is 6.14. The second-order valence-electron chi connectivity index (χ2n) is 8.48. The van der Waals surface area contributed by atoms with E-state index in [1.165, 1.54) is 5.56 Å². The van der Waals surface area contributed by atoms with Crippen molar-refractivity contribution in [3.63, 3.8) is 0 Å². The van der Waals surface area contributed by atoms with Crippen LogP contribution in [0.15, 0.2) is 40.3 Å². The summed E-state index contributed by atoms with van der Waals surface area (Å²) in [6.45, 7) is 4.38. The number of carbonyl (C=O) groups is 1.